The van der Waals surface area contributed by atoms with E-state index >= 15 is 0 Å². The average molecular weight is 146 g/mol. The zero-order chi connectivity index (χ0) is 8.10. The molecule has 55 valence electrons. The Kier molecular flexibility index (Phi) is 2.51. The summed E-state index contributed by atoms with van der Waals surface area (Å²) < 4.78 is 4.94. The van der Waals surface area contributed by atoms with Crippen LogP contribution in [0.4, 0.5) is 0 Å². The molecule has 0 unspecified atom stereocenters. The van der Waals surface area contributed by atoms with Crippen LogP contribution in [0.1, 0.15) is 5.56 Å². The second-order valence-corrected chi connectivity index (χ2v) is 2.10. The van der Waals surface area contributed by atoms with Gasteiger partial charge in [-0.15, -0.1) is 0 Å². The molecule has 0 aliphatic carbocycles. The lowest BCUT2D eigenvalue weighted by Crippen LogP contribution is -1.85. The number of hydrogen-bond donors (Lipinski definition) is 0. The summed E-state index contributed by atoms with van der Waals surface area (Å²) >= 11 is 0. The fourth-order valence-corrected chi connectivity index (χ4v) is 0.808. The SMILES string of the molecule is COc1[c]ccc(CC#N)c1. The Morgan fingerprint density at radius 2 is 2.55 bits per heavy atom. The Hall–Kier alpha value is -1.49. The molecule has 0 atom stereocenters. The van der Waals surface area contributed by atoms with Crippen LogP contribution in [0, 0.1) is 17.4 Å². The molecule has 0 aliphatic heterocycles. The molecule has 11 heavy (non-hydrogen) atoms. The molecular weight excluding hydrogens is 138 g/mol. The van der Waals surface area contributed by atoms with E-state index in [1.165, 1.54) is 0 Å². The van der Waals surface area contributed by atoms with Crippen LogP contribution in [0.5, 0.6) is 5.75 Å². The molecule has 0 saturated carbocycles. The molecule has 0 N–H and O–H groups in total. The van der Waals surface area contributed by atoms with Gasteiger partial charge in [-0.25, -0.2) is 0 Å². The van der Waals surface area contributed by atoms with Crippen molar-refractivity contribution >= 4 is 0 Å². The molecule has 2 nitrogen and oxygen atoms in total. The van der Waals surface area contributed by atoms with E-state index < -0.39 is 0 Å². The van der Waals surface area contributed by atoms with Gasteiger partial charge in [0.1, 0.15) is 5.75 Å². The Bertz CT molecular complexity index is 275. The van der Waals surface area contributed by atoms with E-state index in [-0.39, 0.29) is 0 Å². The zero-order valence-electron chi connectivity index (χ0n) is 6.29. The van der Waals surface area contributed by atoms with Crippen molar-refractivity contribution in [2.45, 2.75) is 6.42 Å². The first-order chi connectivity index (χ1) is 5.36. The number of rotatable bonds is 2. The van der Waals surface area contributed by atoms with Gasteiger partial charge in [-0.05, 0) is 11.6 Å². The van der Waals surface area contributed by atoms with E-state index in [1.54, 1.807) is 13.2 Å². The van der Waals surface area contributed by atoms with Crippen LogP contribution < -0.4 is 4.74 Å². The van der Waals surface area contributed by atoms with E-state index in [9.17, 15) is 0 Å². The molecule has 1 aromatic carbocycles. The fourth-order valence-electron chi connectivity index (χ4n) is 0.808. The maximum atomic E-state index is 8.38. The van der Waals surface area contributed by atoms with E-state index in [2.05, 4.69) is 12.1 Å². The highest BCUT2D eigenvalue weighted by Crippen LogP contribution is 2.11. The van der Waals surface area contributed by atoms with Crippen LogP contribution in [0.3, 0.4) is 0 Å². The maximum absolute atomic E-state index is 8.38. The smallest absolute Gasteiger partial charge is 0.127 e. The minimum atomic E-state index is 0.422. The molecule has 1 aromatic rings. The summed E-state index contributed by atoms with van der Waals surface area (Å²) in [5.74, 6) is 0.678. The molecule has 0 aromatic heterocycles. The Morgan fingerprint density at radius 1 is 1.73 bits per heavy atom. The topological polar surface area (TPSA) is 33.0 Å². The van der Waals surface area contributed by atoms with Gasteiger partial charge in [-0.1, -0.05) is 12.1 Å². The summed E-state index contributed by atoms with van der Waals surface area (Å²) in [4.78, 5) is 0. The van der Waals surface area contributed by atoms with Crippen LogP contribution in [0.15, 0.2) is 18.2 Å². The Balaban J connectivity index is 2.84. The molecule has 0 heterocycles. The minimum absolute atomic E-state index is 0.422. The number of nitrogens with zero attached hydrogens (tertiary/aromatic N) is 1. The number of benzene rings is 1. The molecule has 2 heteroatoms. The first kappa shape index (κ1) is 7.62. The van der Waals surface area contributed by atoms with Crippen LogP contribution in [-0.4, -0.2) is 7.11 Å². The quantitative estimate of drug-likeness (QED) is 0.634. The molecular formula is C9H8NO. The van der Waals surface area contributed by atoms with Crippen molar-refractivity contribution in [1.82, 2.24) is 0 Å². The van der Waals surface area contributed by atoms with Gasteiger partial charge in [-0.3, -0.25) is 0 Å². The van der Waals surface area contributed by atoms with Crippen molar-refractivity contribution in [3.63, 3.8) is 0 Å². The molecule has 0 spiro atoms. The van der Waals surface area contributed by atoms with Gasteiger partial charge < -0.3 is 4.74 Å². The van der Waals surface area contributed by atoms with Crippen molar-refractivity contribution in [1.29, 1.82) is 5.26 Å². The minimum Gasteiger partial charge on any atom is -0.496 e. The number of nitriles is 1. The Morgan fingerprint density at radius 3 is 3.18 bits per heavy atom. The maximum Gasteiger partial charge on any atom is 0.127 e. The highest BCUT2D eigenvalue weighted by atomic mass is 16.5. The van der Waals surface area contributed by atoms with Crippen LogP contribution >= 0.6 is 0 Å². The summed E-state index contributed by atoms with van der Waals surface area (Å²) in [7, 11) is 1.59. The third-order valence-electron chi connectivity index (χ3n) is 1.34. The van der Waals surface area contributed by atoms with Gasteiger partial charge in [-0.2, -0.15) is 5.26 Å². The van der Waals surface area contributed by atoms with Crippen molar-refractivity contribution in [3.05, 3.63) is 29.8 Å². The van der Waals surface area contributed by atoms with Gasteiger partial charge in [0.25, 0.3) is 0 Å². The van der Waals surface area contributed by atoms with E-state index in [0.29, 0.717) is 12.2 Å². The van der Waals surface area contributed by atoms with E-state index in [0.717, 1.165) is 5.56 Å². The fraction of sp³-hybridized carbons (Fsp3) is 0.222. The van der Waals surface area contributed by atoms with Crippen LogP contribution in [0.25, 0.3) is 0 Å². The van der Waals surface area contributed by atoms with Gasteiger partial charge in [0.2, 0.25) is 0 Å². The highest BCUT2D eigenvalue weighted by Gasteiger charge is 1.93. The van der Waals surface area contributed by atoms with Crippen LogP contribution in [-0.2, 0) is 6.42 Å². The molecule has 1 rings (SSSR count). The number of hydrogen-bond acceptors (Lipinski definition) is 2. The molecule has 0 saturated heterocycles. The summed E-state index contributed by atoms with van der Waals surface area (Å²) in [6.07, 6.45) is 0.422. The van der Waals surface area contributed by atoms with Gasteiger partial charge in [0.15, 0.2) is 0 Å². The van der Waals surface area contributed by atoms with Gasteiger partial charge in [0.05, 0.1) is 19.6 Å². The second-order valence-electron chi connectivity index (χ2n) is 2.10. The molecule has 0 fully saturated rings. The standard InChI is InChI=1S/C9H8NO/c1-11-9-4-2-3-8(7-9)5-6-10/h2-3,7H,5H2,1H3. The van der Waals surface area contributed by atoms with Gasteiger partial charge >= 0.3 is 0 Å². The molecule has 0 bridgehead atoms. The first-order valence-corrected chi connectivity index (χ1v) is 3.28. The lowest BCUT2D eigenvalue weighted by atomic mass is 10.2. The van der Waals surface area contributed by atoms with E-state index in [1.807, 2.05) is 12.1 Å². The number of ether oxygens (including phenoxy) is 1. The van der Waals surface area contributed by atoms with Crippen molar-refractivity contribution < 1.29 is 4.74 Å². The predicted molar refractivity (Wildman–Crippen MR) is 41.1 cm³/mol. The molecule has 1 radical (unpaired) electrons. The third-order valence-corrected chi connectivity index (χ3v) is 1.34. The predicted octanol–water partition coefficient (Wildman–Crippen LogP) is 1.56. The largest absolute Gasteiger partial charge is 0.496 e. The number of methoxy groups -OCH3 is 1. The van der Waals surface area contributed by atoms with Crippen LogP contribution in [0.2, 0.25) is 0 Å². The van der Waals surface area contributed by atoms with Crippen molar-refractivity contribution in [2.24, 2.45) is 0 Å². The lowest BCUT2D eigenvalue weighted by molar-refractivity contribution is 0.413. The Labute approximate surface area is 66.0 Å². The van der Waals surface area contributed by atoms with E-state index in [4.69, 9.17) is 10.00 Å². The third kappa shape index (κ3) is 1.98. The van der Waals surface area contributed by atoms with Crippen molar-refractivity contribution in [2.75, 3.05) is 7.11 Å². The first-order valence-electron chi connectivity index (χ1n) is 3.28. The monoisotopic (exact) mass is 146 g/mol. The molecule has 0 amide bonds. The normalized spacial score (nSPS) is 8.73. The summed E-state index contributed by atoms with van der Waals surface area (Å²) in [5.41, 5.74) is 0.961. The zero-order valence-corrected chi connectivity index (χ0v) is 6.29. The average Bonchev–Trinajstić information content (AvgIpc) is 2.06. The summed E-state index contributed by atoms with van der Waals surface area (Å²) in [5, 5.41) is 8.38. The van der Waals surface area contributed by atoms with Crippen molar-refractivity contribution in [3.8, 4) is 11.8 Å². The lowest BCUT2D eigenvalue weighted by Gasteiger charge is -1.98. The highest BCUT2D eigenvalue weighted by molar-refractivity contribution is 5.28. The van der Waals surface area contributed by atoms with Gasteiger partial charge in [0, 0.05) is 6.07 Å². The second kappa shape index (κ2) is 3.62. The summed E-state index contributed by atoms with van der Waals surface area (Å²) in [6, 6.07) is 10.4. The molecule has 0 aliphatic rings. The summed E-state index contributed by atoms with van der Waals surface area (Å²) in [6.45, 7) is 0.